The highest BCUT2D eigenvalue weighted by atomic mass is 19.4. The molecule has 0 aliphatic carbocycles. The zero-order chi connectivity index (χ0) is 20.3. The first-order chi connectivity index (χ1) is 13.3. The third-order valence-electron chi connectivity index (χ3n) is 4.97. The lowest BCUT2D eigenvalue weighted by molar-refractivity contribution is -0.137. The monoisotopic (exact) mass is 392 g/mol. The van der Waals surface area contributed by atoms with Crippen LogP contribution in [0.15, 0.2) is 48.5 Å². The molecule has 1 aliphatic heterocycles. The molecule has 2 aromatic carbocycles. The molecule has 1 heterocycles. The highest BCUT2D eigenvalue weighted by molar-refractivity contribution is 5.70. The van der Waals surface area contributed by atoms with Crippen molar-refractivity contribution in [1.29, 1.82) is 0 Å². The Morgan fingerprint density at radius 3 is 2.61 bits per heavy atom. The molecule has 0 fully saturated rings. The number of carbonyl (C=O) groups excluding carboxylic acids is 1. The van der Waals surface area contributed by atoms with Crippen molar-refractivity contribution in [2.24, 2.45) is 0 Å². The summed E-state index contributed by atoms with van der Waals surface area (Å²) in [7, 11) is 0. The van der Waals surface area contributed by atoms with E-state index >= 15 is 0 Å². The molecule has 0 bridgehead atoms. The van der Waals surface area contributed by atoms with Crippen LogP contribution in [0.1, 0.15) is 55.5 Å². The maximum absolute atomic E-state index is 13.1. The molecule has 0 spiro atoms. The van der Waals surface area contributed by atoms with E-state index in [0.717, 1.165) is 24.1 Å². The van der Waals surface area contributed by atoms with Crippen molar-refractivity contribution in [3.63, 3.8) is 0 Å². The first-order valence-corrected chi connectivity index (χ1v) is 9.27. The second-order valence-corrected chi connectivity index (χ2v) is 6.94. The van der Waals surface area contributed by atoms with Crippen LogP contribution in [-0.2, 0) is 10.9 Å². The summed E-state index contributed by atoms with van der Waals surface area (Å²) >= 11 is 0. The zero-order valence-electron chi connectivity index (χ0n) is 15.7. The second kappa shape index (κ2) is 8.12. The molecule has 1 amide bonds. The number of amides is 1. The molecule has 1 aliphatic rings. The third-order valence-corrected chi connectivity index (χ3v) is 4.97. The van der Waals surface area contributed by atoms with Gasteiger partial charge >= 0.3 is 12.3 Å². The van der Waals surface area contributed by atoms with Crippen molar-refractivity contribution in [3.05, 3.63) is 65.2 Å². The highest BCUT2D eigenvalue weighted by Gasteiger charge is 2.34. The molecular formula is C21H23F3N2O2. The van der Waals surface area contributed by atoms with E-state index in [4.69, 9.17) is 4.74 Å². The van der Waals surface area contributed by atoms with Crippen molar-refractivity contribution < 1.29 is 22.7 Å². The van der Waals surface area contributed by atoms with E-state index in [0.29, 0.717) is 17.7 Å². The number of ether oxygens (including phenoxy) is 1. The summed E-state index contributed by atoms with van der Waals surface area (Å²) in [6.07, 6.45) is -4.29. The van der Waals surface area contributed by atoms with Gasteiger partial charge in [0.15, 0.2) is 0 Å². The number of hydrogen-bond acceptors (Lipinski definition) is 3. The minimum absolute atomic E-state index is 0.0566. The second-order valence-electron chi connectivity index (χ2n) is 6.94. The number of nitrogens with one attached hydrogen (secondary N) is 2. The Labute approximate surface area is 162 Å². The largest absolute Gasteiger partial charge is 0.442 e. The van der Waals surface area contributed by atoms with Gasteiger partial charge in [0.25, 0.3) is 0 Å². The lowest BCUT2D eigenvalue weighted by atomic mass is 9.90. The minimum atomic E-state index is -4.44. The van der Waals surface area contributed by atoms with E-state index in [1.54, 1.807) is 6.92 Å². The summed E-state index contributed by atoms with van der Waals surface area (Å²) < 4.78 is 44.8. The summed E-state index contributed by atoms with van der Waals surface area (Å²) in [5.74, 6) is 0. The van der Waals surface area contributed by atoms with E-state index in [9.17, 15) is 18.0 Å². The molecule has 0 radical (unpaired) electrons. The average Bonchev–Trinajstić information content (AvgIpc) is 2.67. The van der Waals surface area contributed by atoms with Crippen LogP contribution in [0.2, 0.25) is 0 Å². The molecule has 2 N–H and O–H groups in total. The number of hydrogen-bond donors (Lipinski definition) is 2. The number of alkyl halides is 3. The van der Waals surface area contributed by atoms with E-state index < -0.39 is 30.0 Å². The Bertz CT molecular complexity index is 824. The molecule has 2 aromatic rings. The maximum Gasteiger partial charge on any atom is 0.416 e. The molecule has 1 unspecified atom stereocenters. The van der Waals surface area contributed by atoms with Crippen LogP contribution in [-0.4, -0.2) is 12.1 Å². The summed E-state index contributed by atoms with van der Waals surface area (Å²) in [5, 5.41) is 5.99. The molecule has 0 saturated heterocycles. The van der Waals surface area contributed by atoms with Gasteiger partial charge in [-0.3, -0.25) is 0 Å². The van der Waals surface area contributed by atoms with E-state index in [1.807, 2.05) is 37.3 Å². The molecule has 150 valence electrons. The minimum Gasteiger partial charge on any atom is -0.442 e. The van der Waals surface area contributed by atoms with Crippen LogP contribution in [0, 0.1) is 0 Å². The molecule has 3 rings (SSSR count). The summed E-state index contributed by atoms with van der Waals surface area (Å²) in [4.78, 5) is 12.4. The molecule has 0 saturated carbocycles. The summed E-state index contributed by atoms with van der Waals surface area (Å²) in [6, 6.07) is 12.3. The van der Waals surface area contributed by atoms with Crippen molar-refractivity contribution in [2.45, 2.75) is 51.1 Å². The zero-order valence-corrected chi connectivity index (χ0v) is 15.7. The number of rotatable bonds is 4. The Morgan fingerprint density at radius 2 is 1.96 bits per heavy atom. The summed E-state index contributed by atoms with van der Waals surface area (Å²) in [5.41, 5.74) is 1.13. The van der Waals surface area contributed by atoms with Crippen LogP contribution in [0.4, 0.5) is 23.7 Å². The van der Waals surface area contributed by atoms with Crippen LogP contribution in [0.5, 0.6) is 0 Å². The van der Waals surface area contributed by atoms with E-state index in [2.05, 4.69) is 10.6 Å². The van der Waals surface area contributed by atoms with Gasteiger partial charge < -0.3 is 15.4 Å². The summed E-state index contributed by atoms with van der Waals surface area (Å²) in [6.45, 7) is 3.74. The van der Waals surface area contributed by atoms with Crippen molar-refractivity contribution in [2.75, 3.05) is 5.32 Å². The van der Waals surface area contributed by atoms with Gasteiger partial charge in [-0.2, -0.15) is 13.2 Å². The number of carbonyl (C=O) groups is 1. The molecule has 28 heavy (non-hydrogen) atoms. The van der Waals surface area contributed by atoms with Gasteiger partial charge in [-0.25, -0.2) is 4.79 Å². The van der Waals surface area contributed by atoms with Crippen molar-refractivity contribution in [3.8, 4) is 0 Å². The molecule has 0 aromatic heterocycles. The van der Waals surface area contributed by atoms with Gasteiger partial charge in [-0.05, 0) is 49.1 Å². The fraction of sp³-hybridized carbons (Fsp3) is 0.381. The van der Waals surface area contributed by atoms with E-state index in [-0.39, 0.29) is 6.04 Å². The van der Waals surface area contributed by atoms with Gasteiger partial charge in [0.1, 0.15) is 6.10 Å². The van der Waals surface area contributed by atoms with E-state index in [1.165, 1.54) is 6.07 Å². The highest BCUT2D eigenvalue weighted by Crippen LogP contribution is 2.38. The van der Waals surface area contributed by atoms with Crippen LogP contribution in [0.25, 0.3) is 0 Å². The molecular weight excluding hydrogens is 369 g/mol. The average molecular weight is 392 g/mol. The van der Waals surface area contributed by atoms with Gasteiger partial charge in [-0.1, -0.05) is 37.3 Å². The lowest BCUT2D eigenvalue weighted by Crippen LogP contribution is -2.37. The van der Waals surface area contributed by atoms with Gasteiger partial charge in [-0.15, -0.1) is 0 Å². The predicted octanol–water partition coefficient (Wildman–Crippen LogP) is 5.83. The van der Waals surface area contributed by atoms with Crippen molar-refractivity contribution in [1.82, 2.24) is 5.32 Å². The lowest BCUT2D eigenvalue weighted by Gasteiger charge is -2.33. The first-order valence-electron chi connectivity index (χ1n) is 9.27. The number of alkyl carbamates (subject to hydrolysis) is 1. The van der Waals surface area contributed by atoms with Crippen LogP contribution in [0.3, 0.4) is 0 Å². The standard InChI is InChI=1S/C21H23F3N2O2/c1-3-16-12-19(17-11-15(21(22,23)24)9-10-18(17)25-16)26-20(27)28-13(2)14-7-5-4-6-8-14/h4-11,13,16,19,25H,3,12H2,1-2H3,(H,26,27)/t13?,16-,19+/m1/s1. The Hall–Kier alpha value is -2.70. The number of halogens is 3. The predicted molar refractivity (Wildman–Crippen MR) is 101 cm³/mol. The topological polar surface area (TPSA) is 50.4 Å². The SMILES string of the molecule is CC[C@@H]1C[C@H](NC(=O)OC(C)c2ccccc2)c2cc(C(F)(F)F)ccc2N1. The molecule has 7 heteroatoms. The Kier molecular flexibility index (Phi) is 5.82. The number of anilines is 1. The van der Waals surface area contributed by atoms with Crippen molar-refractivity contribution >= 4 is 11.8 Å². The third kappa shape index (κ3) is 4.58. The van der Waals surface area contributed by atoms with Gasteiger partial charge in [0.2, 0.25) is 0 Å². The fourth-order valence-corrected chi connectivity index (χ4v) is 3.38. The number of benzene rings is 2. The molecule has 3 atom stereocenters. The number of fused-ring (bicyclic) bond motifs is 1. The Balaban J connectivity index is 1.78. The van der Waals surface area contributed by atoms with Gasteiger partial charge in [0, 0.05) is 11.7 Å². The van der Waals surface area contributed by atoms with Crippen LogP contribution >= 0.6 is 0 Å². The smallest absolute Gasteiger partial charge is 0.416 e. The normalized spacial score (nSPS) is 19.9. The quantitative estimate of drug-likeness (QED) is 0.688. The maximum atomic E-state index is 13.1. The molecule has 4 nitrogen and oxygen atoms in total. The van der Waals surface area contributed by atoms with Crippen LogP contribution < -0.4 is 10.6 Å². The van der Waals surface area contributed by atoms with Gasteiger partial charge in [0.05, 0.1) is 11.6 Å². The first kappa shape index (κ1) is 20.0. The Morgan fingerprint density at radius 1 is 1.25 bits per heavy atom. The fourth-order valence-electron chi connectivity index (χ4n) is 3.38.